The lowest BCUT2D eigenvalue weighted by Gasteiger charge is -2.49. The first-order valence-corrected chi connectivity index (χ1v) is 15.9. The van der Waals surface area contributed by atoms with Gasteiger partial charge in [-0.15, -0.1) is 0 Å². The molecule has 1 saturated heterocycles. The smallest absolute Gasteiger partial charge is 0.426 e. The zero-order valence-electron chi connectivity index (χ0n) is 22.2. The maximum atomic E-state index is 12.7. The largest absolute Gasteiger partial charge is 0.509 e. The standard InChI is InChI=1S/C27H44O5Si/c1-14-12-26-15(2)11-17-19(25(17,7)8)18(21(26)28)20(32-33(9,10)24(4,5)6)16(3)22-27(26,13-14)31-23(29)30-22/h12,15-22,28H,11,13H2,1-10H3/t15-,16+,17-,18-,19-,20?,21?,22-,26+,27-/m1/s1. The molecule has 1 heterocycles. The zero-order chi connectivity index (χ0) is 24.5. The number of hydrogen-bond acceptors (Lipinski definition) is 5. The van der Waals surface area contributed by atoms with Gasteiger partial charge in [0.2, 0.25) is 0 Å². The third-order valence-electron chi connectivity index (χ3n) is 11.2. The fourth-order valence-electron chi connectivity index (χ4n) is 8.47. The Labute approximate surface area is 200 Å². The molecule has 2 spiro atoms. The number of fused-ring (bicyclic) bond motifs is 3. The molecule has 0 aromatic carbocycles. The van der Waals surface area contributed by atoms with Crippen LogP contribution in [-0.4, -0.2) is 43.5 Å². The Morgan fingerprint density at radius 2 is 1.85 bits per heavy atom. The molecule has 0 amide bonds. The number of ether oxygens (including phenoxy) is 2. The van der Waals surface area contributed by atoms with E-state index in [4.69, 9.17) is 13.9 Å². The SMILES string of the molecule is CC1=C[C@]23C(O)[C@@H](C(O[Si](C)(C)C(C)(C)C)[C@H](C)[C@H]4OC(=O)O[C@]42C1)[C@H]1[C@@H](C[C@H]3C)C1(C)C. The predicted molar refractivity (Wildman–Crippen MR) is 130 cm³/mol. The summed E-state index contributed by atoms with van der Waals surface area (Å²) >= 11 is 0. The summed E-state index contributed by atoms with van der Waals surface area (Å²) in [6.07, 6.45) is 2.10. The summed E-state index contributed by atoms with van der Waals surface area (Å²) in [5.41, 5.74) is -0.120. The van der Waals surface area contributed by atoms with Crippen LogP contribution in [0, 0.1) is 40.4 Å². The molecule has 0 aromatic rings. The number of hydrogen-bond donors (Lipinski definition) is 1. The molecule has 33 heavy (non-hydrogen) atoms. The fourth-order valence-corrected chi connectivity index (χ4v) is 9.88. The number of carbonyl (C=O) groups excluding carboxylic acids is 1. The Morgan fingerprint density at radius 1 is 1.21 bits per heavy atom. The fraction of sp³-hybridized carbons (Fsp3) is 0.889. The highest BCUT2D eigenvalue weighted by atomic mass is 28.4. The molecule has 2 unspecified atom stereocenters. The van der Waals surface area contributed by atoms with Crippen molar-refractivity contribution < 1.29 is 23.8 Å². The van der Waals surface area contributed by atoms with E-state index in [1.807, 2.05) is 0 Å². The van der Waals surface area contributed by atoms with Crippen molar-refractivity contribution >= 4 is 14.5 Å². The summed E-state index contributed by atoms with van der Waals surface area (Å²) in [5.74, 6) is 1.05. The Morgan fingerprint density at radius 3 is 2.45 bits per heavy atom. The van der Waals surface area contributed by atoms with Gasteiger partial charge in [0.25, 0.3) is 0 Å². The Bertz CT molecular complexity index is 903. The molecule has 2 bridgehead atoms. The van der Waals surface area contributed by atoms with E-state index in [1.54, 1.807) is 0 Å². The zero-order valence-corrected chi connectivity index (χ0v) is 23.2. The monoisotopic (exact) mass is 476 g/mol. The molecule has 3 saturated carbocycles. The molecular formula is C27H44O5Si. The first kappa shape index (κ1) is 23.9. The second-order valence-electron chi connectivity index (χ2n) is 14.2. The lowest BCUT2D eigenvalue weighted by atomic mass is 9.59. The normalized spacial score (nSPS) is 50.2. The van der Waals surface area contributed by atoms with Crippen LogP contribution in [0.2, 0.25) is 18.1 Å². The predicted octanol–water partition coefficient (Wildman–Crippen LogP) is 5.93. The number of aliphatic hydroxyl groups is 1. The third-order valence-corrected chi connectivity index (χ3v) is 15.6. The first-order valence-electron chi connectivity index (χ1n) is 12.9. The van der Waals surface area contributed by atoms with Crippen molar-refractivity contribution in [3.05, 3.63) is 11.6 Å². The van der Waals surface area contributed by atoms with Crippen LogP contribution in [0.4, 0.5) is 4.79 Å². The lowest BCUT2D eigenvalue weighted by Crippen LogP contribution is -2.60. The first-order chi connectivity index (χ1) is 15.0. The molecular weight excluding hydrogens is 432 g/mol. The topological polar surface area (TPSA) is 65.0 Å². The molecule has 6 heteroatoms. The van der Waals surface area contributed by atoms with E-state index in [0.717, 1.165) is 6.42 Å². The minimum absolute atomic E-state index is 0.00833. The molecule has 1 aliphatic heterocycles. The summed E-state index contributed by atoms with van der Waals surface area (Å²) < 4.78 is 19.4. The van der Waals surface area contributed by atoms with Gasteiger partial charge in [-0.3, -0.25) is 0 Å². The van der Waals surface area contributed by atoms with Crippen LogP contribution < -0.4 is 0 Å². The van der Waals surface area contributed by atoms with Gasteiger partial charge in [-0.25, -0.2) is 4.79 Å². The van der Waals surface area contributed by atoms with Gasteiger partial charge < -0.3 is 19.0 Å². The molecule has 1 N–H and O–H groups in total. The molecule has 0 aromatic heterocycles. The van der Waals surface area contributed by atoms with E-state index in [-0.39, 0.29) is 34.3 Å². The maximum absolute atomic E-state index is 12.7. The van der Waals surface area contributed by atoms with E-state index in [1.165, 1.54) is 5.57 Å². The molecule has 5 rings (SSSR count). The summed E-state index contributed by atoms with van der Waals surface area (Å²) in [5, 5.41) is 12.5. The molecule has 4 fully saturated rings. The van der Waals surface area contributed by atoms with Crippen LogP contribution in [0.5, 0.6) is 0 Å². The van der Waals surface area contributed by atoms with Crippen LogP contribution in [0.3, 0.4) is 0 Å². The van der Waals surface area contributed by atoms with Crippen molar-refractivity contribution in [2.24, 2.45) is 40.4 Å². The summed E-state index contributed by atoms with van der Waals surface area (Å²) in [4.78, 5) is 12.7. The minimum Gasteiger partial charge on any atom is -0.426 e. The van der Waals surface area contributed by atoms with Crippen molar-refractivity contribution in [2.45, 2.75) is 110 Å². The van der Waals surface area contributed by atoms with Gasteiger partial charge in [-0.1, -0.05) is 60.1 Å². The Hall–Kier alpha value is -0.853. The van der Waals surface area contributed by atoms with Crippen LogP contribution in [-0.2, 0) is 13.9 Å². The maximum Gasteiger partial charge on any atom is 0.509 e. The highest BCUT2D eigenvalue weighted by Gasteiger charge is 2.80. The van der Waals surface area contributed by atoms with Crippen LogP contribution in [0.15, 0.2) is 11.6 Å². The molecule has 186 valence electrons. The van der Waals surface area contributed by atoms with Gasteiger partial charge in [0, 0.05) is 18.3 Å². The van der Waals surface area contributed by atoms with E-state index >= 15 is 0 Å². The quantitative estimate of drug-likeness (QED) is 0.304. The number of aliphatic hydroxyl groups excluding tert-OH is 1. The van der Waals surface area contributed by atoms with Crippen molar-refractivity contribution in [1.29, 1.82) is 0 Å². The third kappa shape index (κ3) is 2.80. The van der Waals surface area contributed by atoms with E-state index < -0.39 is 37.7 Å². The van der Waals surface area contributed by atoms with E-state index in [2.05, 4.69) is 74.6 Å². The molecule has 10 atom stereocenters. The van der Waals surface area contributed by atoms with Crippen LogP contribution >= 0.6 is 0 Å². The second kappa shape index (κ2) is 6.67. The van der Waals surface area contributed by atoms with E-state index in [9.17, 15) is 9.90 Å². The highest BCUT2D eigenvalue weighted by molar-refractivity contribution is 6.74. The van der Waals surface area contributed by atoms with Crippen molar-refractivity contribution in [3.63, 3.8) is 0 Å². The Kier molecular flexibility index (Phi) is 4.82. The van der Waals surface area contributed by atoms with Crippen molar-refractivity contribution in [2.75, 3.05) is 0 Å². The minimum atomic E-state index is -2.16. The summed E-state index contributed by atoms with van der Waals surface area (Å²) in [6.45, 7) is 22.6. The van der Waals surface area contributed by atoms with Crippen molar-refractivity contribution in [1.82, 2.24) is 0 Å². The summed E-state index contributed by atoms with van der Waals surface area (Å²) in [7, 11) is -2.16. The van der Waals surface area contributed by atoms with Crippen LogP contribution in [0.1, 0.15) is 68.2 Å². The molecule has 0 radical (unpaired) electrons. The number of rotatable bonds is 2. The number of carbonyl (C=O) groups is 1. The average Bonchev–Trinajstić information content (AvgIpc) is 2.95. The molecule has 5 nitrogen and oxygen atoms in total. The highest BCUT2D eigenvalue weighted by Crippen LogP contribution is 2.75. The molecule has 5 aliphatic rings. The Balaban J connectivity index is 1.72. The molecule has 4 aliphatic carbocycles. The lowest BCUT2D eigenvalue weighted by molar-refractivity contribution is -0.142. The van der Waals surface area contributed by atoms with Gasteiger partial charge in [-0.2, -0.15) is 0 Å². The second-order valence-corrected chi connectivity index (χ2v) is 19.0. The van der Waals surface area contributed by atoms with Gasteiger partial charge >= 0.3 is 6.16 Å². The van der Waals surface area contributed by atoms with Crippen LogP contribution in [0.25, 0.3) is 0 Å². The van der Waals surface area contributed by atoms with Crippen molar-refractivity contribution in [3.8, 4) is 0 Å². The van der Waals surface area contributed by atoms with Gasteiger partial charge in [0.05, 0.1) is 17.6 Å². The average molecular weight is 477 g/mol. The summed E-state index contributed by atoms with van der Waals surface area (Å²) in [6, 6.07) is 0. The van der Waals surface area contributed by atoms with Gasteiger partial charge in [0.1, 0.15) is 0 Å². The van der Waals surface area contributed by atoms with Gasteiger partial charge in [0.15, 0.2) is 20.0 Å². The van der Waals surface area contributed by atoms with Gasteiger partial charge in [-0.05, 0) is 54.6 Å². The van der Waals surface area contributed by atoms with E-state index in [0.29, 0.717) is 18.3 Å².